The van der Waals surface area contributed by atoms with E-state index in [1.54, 1.807) is 12.1 Å². The van der Waals surface area contributed by atoms with Gasteiger partial charge in [-0.15, -0.1) is 23.2 Å². The van der Waals surface area contributed by atoms with Crippen LogP contribution in [0.5, 0.6) is 5.75 Å². The Morgan fingerprint density at radius 1 is 1.20 bits per heavy atom. The van der Waals surface area contributed by atoms with Crippen LogP contribution in [0.4, 0.5) is 0 Å². The number of ether oxygens (including phenoxy) is 2. The summed E-state index contributed by atoms with van der Waals surface area (Å²) in [6.07, 6.45) is 0.743. The molecule has 0 aromatic heterocycles. The van der Waals surface area contributed by atoms with Crippen LogP contribution in [-0.4, -0.2) is 23.4 Å². The van der Waals surface area contributed by atoms with Crippen molar-refractivity contribution in [3.05, 3.63) is 29.8 Å². The third kappa shape index (κ3) is 6.78. The molecule has 20 heavy (non-hydrogen) atoms. The molecule has 0 spiro atoms. The Labute approximate surface area is 128 Å². The maximum absolute atomic E-state index is 11.6. The Hall–Kier alpha value is -1.26. The van der Waals surface area contributed by atoms with E-state index in [0.717, 1.165) is 12.0 Å². The maximum atomic E-state index is 11.6. The SMILES string of the molecule is CCc1cccc(OC(=O)CCC(=O)OCC(Cl)Cl)c1. The third-order valence-electron chi connectivity index (χ3n) is 2.44. The summed E-state index contributed by atoms with van der Waals surface area (Å²) in [6, 6.07) is 7.25. The molecule has 0 bridgehead atoms. The van der Waals surface area contributed by atoms with E-state index in [2.05, 4.69) is 0 Å². The van der Waals surface area contributed by atoms with Crippen molar-refractivity contribution in [2.24, 2.45) is 0 Å². The summed E-state index contributed by atoms with van der Waals surface area (Å²) >= 11 is 10.8. The van der Waals surface area contributed by atoms with Crippen molar-refractivity contribution in [2.75, 3.05) is 6.61 Å². The Bertz CT molecular complexity index is 460. The smallest absolute Gasteiger partial charge is 0.311 e. The summed E-state index contributed by atoms with van der Waals surface area (Å²) in [6.45, 7) is 1.92. The monoisotopic (exact) mass is 318 g/mol. The zero-order chi connectivity index (χ0) is 15.0. The zero-order valence-corrected chi connectivity index (χ0v) is 12.6. The van der Waals surface area contributed by atoms with E-state index in [4.69, 9.17) is 32.7 Å². The summed E-state index contributed by atoms with van der Waals surface area (Å²) in [7, 11) is 0. The predicted molar refractivity (Wildman–Crippen MR) is 77.1 cm³/mol. The van der Waals surface area contributed by atoms with Crippen LogP contribution < -0.4 is 4.74 Å². The normalized spacial score (nSPS) is 10.4. The number of alkyl halides is 2. The van der Waals surface area contributed by atoms with Crippen molar-refractivity contribution in [3.63, 3.8) is 0 Å². The van der Waals surface area contributed by atoms with E-state index in [-0.39, 0.29) is 19.4 Å². The van der Waals surface area contributed by atoms with Gasteiger partial charge >= 0.3 is 11.9 Å². The van der Waals surface area contributed by atoms with Crippen LogP contribution in [0.15, 0.2) is 24.3 Å². The van der Waals surface area contributed by atoms with Gasteiger partial charge in [0.2, 0.25) is 0 Å². The minimum Gasteiger partial charge on any atom is -0.463 e. The van der Waals surface area contributed by atoms with Gasteiger partial charge in [-0.05, 0) is 24.1 Å². The first kappa shape index (κ1) is 16.8. The first-order valence-electron chi connectivity index (χ1n) is 6.24. The molecule has 1 aromatic carbocycles. The largest absolute Gasteiger partial charge is 0.463 e. The second-order valence-electron chi connectivity index (χ2n) is 4.05. The molecule has 0 radical (unpaired) electrons. The number of rotatable bonds is 7. The minimum atomic E-state index is -0.761. The fourth-order valence-corrected chi connectivity index (χ4v) is 1.57. The molecule has 1 aromatic rings. The Morgan fingerprint density at radius 2 is 1.90 bits per heavy atom. The highest BCUT2D eigenvalue weighted by molar-refractivity contribution is 6.44. The molecular formula is C14H16Cl2O4. The number of hydrogen-bond donors (Lipinski definition) is 0. The molecule has 110 valence electrons. The standard InChI is InChI=1S/C14H16Cl2O4/c1-2-10-4-3-5-11(8-10)20-14(18)7-6-13(17)19-9-12(15)16/h3-5,8,12H,2,6-7,9H2,1H3. The van der Waals surface area contributed by atoms with Crippen molar-refractivity contribution < 1.29 is 19.1 Å². The highest BCUT2D eigenvalue weighted by atomic mass is 35.5. The summed E-state index contributed by atoms with van der Waals surface area (Å²) in [4.78, 5) is 22.1. The molecule has 6 heteroatoms. The maximum Gasteiger partial charge on any atom is 0.311 e. The molecule has 0 N–H and O–H groups in total. The van der Waals surface area contributed by atoms with Crippen LogP contribution in [0.25, 0.3) is 0 Å². The van der Waals surface area contributed by atoms with Crippen LogP contribution in [-0.2, 0) is 20.7 Å². The molecule has 1 rings (SSSR count). The van der Waals surface area contributed by atoms with Crippen LogP contribution in [0, 0.1) is 0 Å². The fourth-order valence-electron chi connectivity index (χ4n) is 1.44. The van der Waals surface area contributed by atoms with E-state index < -0.39 is 16.8 Å². The second-order valence-corrected chi connectivity index (χ2v) is 5.33. The molecule has 0 heterocycles. The van der Waals surface area contributed by atoms with Gasteiger partial charge in [0.05, 0.1) is 12.8 Å². The van der Waals surface area contributed by atoms with Crippen molar-refractivity contribution >= 4 is 35.1 Å². The molecule has 0 amide bonds. The Balaban J connectivity index is 2.34. The van der Waals surface area contributed by atoms with Gasteiger partial charge in [0, 0.05) is 0 Å². The van der Waals surface area contributed by atoms with Crippen molar-refractivity contribution in [3.8, 4) is 5.75 Å². The van der Waals surface area contributed by atoms with Gasteiger partial charge in [-0.3, -0.25) is 9.59 Å². The number of carbonyl (C=O) groups excluding carboxylic acids is 2. The van der Waals surface area contributed by atoms with Crippen molar-refractivity contribution in [2.45, 2.75) is 31.0 Å². The summed E-state index contributed by atoms with van der Waals surface area (Å²) in [5.74, 6) is -0.539. The molecular weight excluding hydrogens is 303 g/mol. The lowest BCUT2D eigenvalue weighted by Gasteiger charge is -2.06. The van der Waals surface area contributed by atoms with Gasteiger partial charge in [-0.1, -0.05) is 19.1 Å². The lowest BCUT2D eigenvalue weighted by atomic mass is 10.2. The van der Waals surface area contributed by atoms with Gasteiger partial charge in [0.25, 0.3) is 0 Å². The Kier molecular flexibility index (Phi) is 7.41. The quantitative estimate of drug-likeness (QED) is 0.440. The van der Waals surface area contributed by atoms with E-state index in [1.165, 1.54) is 0 Å². The first-order valence-corrected chi connectivity index (χ1v) is 7.12. The average molecular weight is 319 g/mol. The fraction of sp³-hybridized carbons (Fsp3) is 0.429. The minimum absolute atomic E-state index is 0.0512. The summed E-state index contributed by atoms with van der Waals surface area (Å²) < 4.78 is 9.86. The predicted octanol–water partition coefficient (Wildman–Crippen LogP) is 3.28. The number of benzene rings is 1. The van der Waals surface area contributed by atoms with E-state index >= 15 is 0 Å². The van der Waals surface area contributed by atoms with Gasteiger partial charge < -0.3 is 9.47 Å². The average Bonchev–Trinajstić information content (AvgIpc) is 2.43. The molecule has 0 saturated carbocycles. The van der Waals surface area contributed by atoms with E-state index in [9.17, 15) is 9.59 Å². The lowest BCUT2D eigenvalue weighted by Crippen LogP contribution is -2.14. The molecule has 0 aliphatic carbocycles. The van der Waals surface area contributed by atoms with Crippen molar-refractivity contribution in [1.82, 2.24) is 0 Å². The molecule has 0 atom stereocenters. The van der Waals surface area contributed by atoms with Gasteiger partial charge in [0.1, 0.15) is 17.2 Å². The van der Waals surface area contributed by atoms with Gasteiger partial charge in [-0.25, -0.2) is 0 Å². The van der Waals surface area contributed by atoms with E-state index in [0.29, 0.717) is 5.75 Å². The van der Waals surface area contributed by atoms with Crippen LogP contribution >= 0.6 is 23.2 Å². The molecule has 0 aliphatic rings. The van der Waals surface area contributed by atoms with Crippen LogP contribution in [0.2, 0.25) is 0 Å². The van der Waals surface area contributed by atoms with Crippen LogP contribution in [0.1, 0.15) is 25.3 Å². The second kappa shape index (κ2) is 8.82. The number of esters is 2. The number of carbonyl (C=O) groups is 2. The molecule has 0 aliphatic heterocycles. The number of aryl methyl sites for hydroxylation is 1. The lowest BCUT2D eigenvalue weighted by molar-refractivity contribution is -0.146. The van der Waals surface area contributed by atoms with E-state index in [1.807, 2.05) is 19.1 Å². The molecule has 0 fully saturated rings. The van der Waals surface area contributed by atoms with Crippen LogP contribution in [0.3, 0.4) is 0 Å². The molecule has 4 nitrogen and oxygen atoms in total. The van der Waals surface area contributed by atoms with Crippen molar-refractivity contribution in [1.29, 1.82) is 0 Å². The third-order valence-corrected chi connectivity index (χ3v) is 2.69. The number of hydrogen-bond acceptors (Lipinski definition) is 4. The van der Waals surface area contributed by atoms with Gasteiger partial charge in [0.15, 0.2) is 0 Å². The number of halogens is 2. The summed E-state index contributed by atoms with van der Waals surface area (Å²) in [5, 5.41) is 0. The molecule has 0 unspecified atom stereocenters. The zero-order valence-electron chi connectivity index (χ0n) is 11.1. The summed E-state index contributed by atoms with van der Waals surface area (Å²) in [5.41, 5.74) is 1.07. The molecule has 0 saturated heterocycles. The van der Waals surface area contributed by atoms with Gasteiger partial charge in [-0.2, -0.15) is 0 Å². The Morgan fingerprint density at radius 3 is 2.55 bits per heavy atom. The topological polar surface area (TPSA) is 52.6 Å². The highest BCUT2D eigenvalue weighted by Crippen LogP contribution is 2.14. The highest BCUT2D eigenvalue weighted by Gasteiger charge is 2.11. The first-order chi connectivity index (χ1) is 9.51.